The first-order valence-corrected chi connectivity index (χ1v) is 8.29. The van der Waals surface area contributed by atoms with Gasteiger partial charge in [0.15, 0.2) is 6.61 Å². The predicted molar refractivity (Wildman–Crippen MR) is 86.3 cm³/mol. The third-order valence-electron chi connectivity index (χ3n) is 3.16. The van der Waals surface area contributed by atoms with Crippen molar-refractivity contribution in [3.8, 4) is 5.75 Å². The standard InChI is InChI=1S/C15H19BrClNO3/c1-15(2)10-18(8-13(7-16)21-15)14(19)9-20-12-5-3-4-11(17)6-12/h3-6,13H,7-10H2,1-2H3. The third-order valence-corrected chi connectivity index (χ3v) is 4.12. The van der Waals surface area contributed by atoms with E-state index in [-0.39, 0.29) is 24.2 Å². The second-order valence-corrected chi connectivity index (χ2v) is 6.76. The molecule has 0 N–H and O–H groups in total. The molecule has 1 aliphatic rings. The Morgan fingerprint density at radius 1 is 1.57 bits per heavy atom. The van der Waals surface area contributed by atoms with Crippen LogP contribution in [0, 0.1) is 0 Å². The molecule has 1 unspecified atom stereocenters. The van der Waals surface area contributed by atoms with Crippen molar-refractivity contribution in [2.45, 2.75) is 25.6 Å². The molecular formula is C15H19BrClNO3. The van der Waals surface area contributed by atoms with E-state index in [1.165, 1.54) is 0 Å². The van der Waals surface area contributed by atoms with Crippen molar-refractivity contribution < 1.29 is 14.3 Å². The lowest BCUT2D eigenvalue weighted by Gasteiger charge is -2.42. The van der Waals surface area contributed by atoms with Crippen LogP contribution in [0.5, 0.6) is 5.75 Å². The van der Waals surface area contributed by atoms with E-state index in [2.05, 4.69) is 15.9 Å². The molecule has 1 amide bonds. The average molecular weight is 377 g/mol. The summed E-state index contributed by atoms with van der Waals surface area (Å²) in [4.78, 5) is 14.1. The fourth-order valence-corrected chi connectivity index (χ4v) is 2.88. The molecule has 0 spiro atoms. The number of morpholine rings is 1. The van der Waals surface area contributed by atoms with Gasteiger partial charge in [-0.25, -0.2) is 0 Å². The molecule has 1 fully saturated rings. The first kappa shape index (κ1) is 16.6. The quantitative estimate of drug-likeness (QED) is 0.758. The molecule has 0 radical (unpaired) electrons. The summed E-state index contributed by atoms with van der Waals surface area (Å²) in [6.07, 6.45) is 0.00358. The zero-order valence-corrected chi connectivity index (χ0v) is 14.5. The number of hydrogen-bond donors (Lipinski definition) is 0. The predicted octanol–water partition coefficient (Wildman–Crippen LogP) is 3.12. The van der Waals surface area contributed by atoms with E-state index in [1.807, 2.05) is 13.8 Å². The van der Waals surface area contributed by atoms with Crippen LogP contribution in [-0.4, -0.2) is 47.5 Å². The monoisotopic (exact) mass is 375 g/mol. The van der Waals surface area contributed by atoms with Crippen molar-refractivity contribution in [1.82, 2.24) is 4.90 Å². The first-order chi connectivity index (χ1) is 9.89. The third kappa shape index (κ3) is 4.87. The normalized spacial score (nSPS) is 21.1. The van der Waals surface area contributed by atoms with E-state index in [1.54, 1.807) is 29.2 Å². The second kappa shape index (κ2) is 6.99. The van der Waals surface area contributed by atoms with Crippen molar-refractivity contribution in [2.75, 3.05) is 25.0 Å². The van der Waals surface area contributed by atoms with Crippen molar-refractivity contribution in [2.24, 2.45) is 0 Å². The number of alkyl halides is 1. The lowest BCUT2D eigenvalue weighted by Crippen LogP contribution is -2.56. The first-order valence-electron chi connectivity index (χ1n) is 6.79. The fraction of sp³-hybridized carbons (Fsp3) is 0.533. The molecule has 1 heterocycles. The molecule has 2 rings (SSSR count). The van der Waals surface area contributed by atoms with Gasteiger partial charge in [-0.1, -0.05) is 33.6 Å². The highest BCUT2D eigenvalue weighted by atomic mass is 79.9. The van der Waals surface area contributed by atoms with Crippen LogP contribution in [0.3, 0.4) is 0 Å². The number of halogens is 2. The molecule has 1 saturated heterocycles. The van der Waals surface area contributed by atoms with Gasteiger partial charge in [0.2, 0.25) is 0 Å². The maximum atomic E-state index is 12.3. The molecule has 4 nitrogen and oxygen atoms in total. The number of ether oxygens (including phenoxy) is 2. The largest absolute Gasteiger partial charge is 0.484 e. The summed E-state index contributed by atoms with van der Waals surface area (Å²) >= 11 is 9.30. The van der Waals surface area contributed by atoms with Crippen LogP contribution < -0.4 is 4.74 Å². The molecule has 0 saturated carbocycles. The van der Waals surface area contributed by atoms with Gasteiger partial charge in [-0.15, -0.1) is 0 Å². The molecule has 6 heteroatoms. The molecule has 1 aliphatic heterocycles. The van der Waals surface area contributed by atoms with Gasteiger partial charge in [-0.3, -0.25) is 4.79 Å². The molecule has 1 atom stereocenters. The van der Waals surface area contributed by atoms with E-state index in [9.17, 15) is 4.79 Å². The number of benzene rings is 1. The van der Waals surface area contributed by atoms with Crippen LogP contribution in [0.15, 0.2) is 24.3 Å². The van der Waals surface area contributed by atoms with Gasteiger partial charge < -0.3 is 14.4 Å². The highest BCUT2D eigenvalue weighted by molar-refractivity contribution is 9.09. The lowest BCUT2D eigenvalue weighted by molar-refractivity contribution is -0.158. The number of carbonyl (C=O) groups excluding carboxylic acids is 1. The maximum Gasteiger partial charge on any atom is 0.260 e. The van der Waals surface area contributed by atoms with Gasteiger partial charge in [0.1, 0.15) is 5.75 Å². The zero-order chi connectivity index (χ0) is 15.5. The number of amides is 1. The zero-order valence-electron chi connectivity index (χ0n) is 12.1. The second-order valence-electron chi connectivity index (χ2n) is 5.67. The summed E-state index contributed by atoms with van der Waals surface area (Å²) in [7, 11) is 0. The van der Waals surface area contributed by atoms with Crippen LogP contribution in [0.2, 0.25) is 5.02 Å². The fourth-order valence-electron chi connectivity index (χ4n) is 2.36. The van der Waals surface area contributed by atoms with Crippen molar-refractivity contribution in [3.63, 3.8) is 0 Å². The molecule has 1 aromatic carbocycles. The molecule has 0 bridgehead atoms. The minimum absolute atomic E-state index is 0.00358. The summed E-state index contributed by atoms with van der Waals surface area (Å²) < 4.78 is 11.4. The van der Waals surface area contributed by atoms with Crippen LogP contribution in [0.25, 0.3) is 0 Å². The van der Waals surface area contributed by atoms with E-state index in [0.717, 1.165) is 0 Å². The molecule has 116 valence electrons. The molecule has 0 aliphatic carbocycles. The molecule has 1 aromatic rings. The van der Waals surface area contributed by atoms with E-state index >= 15 is 0 Å². The summed E-state index contributed by atoms with van der Waals surface area (Å²) in [5.74, 6) is 0.553. The highest BCUT2D eigenvalue weighted by Gasteiger charge is 2.35. The van der Waals surface area contributed by atoms with Crippen molar-refractivity contribution >= 4 is 33.4 Å². The Labute approximate surface area is 138 Å². The van der Waals surface area contributed by atoms with Crippen LogP contribution in [0.4, 0.5) is 0 Å². The maximum absolute atomic E-state index is 12.3. The Balaban J connectivity index is 1.93. The van der Waals surface area contributed by atoms with E-state index < -0.39 is 0 Å². The highest BCUT2D eigenvalue weighted by Crippen LogP contribution is 2.22. The summed E-state index contributed by atoms with van der Waals surface area (Å²) in [5.41, 5.74) is -0.345. The van der Waals surface area contributed by atoms with Gasteiger partial charge in [0.05, 0.1) is 11.7 Å². The van der Waals surface area contributed by atoms with Crippen LogP contribution >= 0.6 is 27.5 Å². The molecular weight excluding hydrogens is 358 g/mol. The summed E-state index contributed by atoms with van der Waals surface area (Å²) in [6.45, 7) is 5.12. The van der Waals surface area contributed by atoms with Gasteiger partial charge >= 0.3 is 0 Å². The number of hydrogen-bond acceptors (Lipinski definition) is 3. The van der Waals surface area contributed by atoms with Crippen molar-refractivity contribution in [1.29, 1.82) is 0 Å². The van der Waals surface area contributed by atoms with Gasteiger partial charge in [0.25, 0.3) is 5.91 Å². The Bertz CT molecular complexity index is 509. The van der Waals surface area contributed by atoms with E-state index in [0.29, 0.717) is 29.2 Å². The topological polar surface area (TPSA) is 38.8 Å². The summed E-state index contributed by atoms with van der Waals surface area (Å²) in [6, 6.07) is 7.03. The SMILES string of the molecule is CC1(C)CN(C(=O)COc2cccc(Cl)c2)CC(CBr)O1. The van der Waals surface area contributed by atoms with Gasteiger partial charge in [-0.2, -0.15) is 0 Å². The Morgan fingerprint density at radius 3 is 3.00 bits per heavy atom. The summed E-state index contributed by atoms with van der Waals surface area (Å²) in [5, 5.41) is 1.29. The Morgan fingerprint density at radius 2 is 2.33 bits per heavy atom. The van der Waals surface area contributed by atoms with E-state index in [4.69, 9.17) is 21.1 Å². The minimum Gasteiger partial charge on any atom is -0.484 e. The average Bonchev–Trinajstić information content (AvgIpc) is 2.43. The number of rotatable bonds is 4. The van der Waals surface area contributed by atoms with Crippen LogP contribution in [0.1, 0.15) is 13.8 Å². The minimum atomic E-state index is -0.345. The smallest absolute Gasteiger partial charge is 0.260 e. The van der Waals surface area contributed by atoms with Crippen molar-refractivity contribution in [3.05, 3.63) is 29.3 Å². The number of carbonyl (C=O) groups is 1. The van der Waals surface area contributed by atoms with Crippen LogP contribution in [-0.2, 0) is 9.53 Å². The molecule has 0 aromatic heterocycles. The van der Waals surface area contributed by atoms with Gasteiger partial charge in [0, 0.05) is 23.4 Å². The molecule has 21 heavy (non-hydrogen) atoms. The Hall–Kier alpha value is -0.780. The Kier molecular flexibility index (Phi) is 5.52. The lowest BCUT2D eigenvalue weighted by atomic mass is 10.1. The van der Waals surface area contributed by atoms with Gasteiger partial charge in [-0.05, 0) is 32.0 Å². The number of nitrogens with zero attached hydrogens (tertiary/aromatic N) is 1.